The van der Waals surface area contributed by atoms with Crippen LogP contribution in [0.3, 0.4) is 0 Å². The number of carbonyl (C=O) groups is 4. The van der Waals surface area contributed by atoms with E-state index in [0.717, 1.165) is 43.4 Å². The fraction of sp³-hybridized carbons (Fsp3) is 0.100. The monoisotopic (exact) mass is 613 g/mol. The summed E-state index contributed by atoms with van der Waals surface area (Å²) in [6, 6.07) is 27.5. The van der Waals surface area contributed by atoms with Crippen molar-refractivity contribution in [3.8, 4) is 0 Å². The lowest BCUT2D eigenvalue weighted by Crippen LogP contribution is -2.41. The Kier molecular flexibility index (Phi) is 5.49. The molecule has 9 rings (SSSR count). The van der Waals surface area contributed by atoms with Crippen LogP contribution in [0.1, 0.15) is 66.4 Å². The highest BCUT2D eigenvalue weighted by molar-refractivity contribution is 6.45. The molecule has 0 unspecified atom stereocenters. The topological polar surface area (TPSA) is 101 Å². The van der Waals surface area contributed by atoms with Gasteiger partial charge in [0, 0.05) is 38.7 Å². The molecule has 2 heterocycles. The highest BCUT2D eigenvalue weighted by atomic mass is 16.2. The highest BCUT2D eigenvalue weighted by Gasteiger charge is 2.38. The SMILES string of the molecule is CCc1cccc(CC)c1N1C(=O)c2ccc3c4ccc5c6c(ccc(c7ccc(c2c37)C1=O)c64)C(=O)N(c1cccc(N)c1)C5=O. The van der Waals surface area contributed by atoms with Gasteiger partial charge >= 0.3 is 0 Å². The van der Waals surface area contributed by atoms with Crippen molar-refractivity contribution in [1.29, 1.82) is 0 Å². The van der Waals surface area contributed by atoms with E-state index in [4.69, 9.17) is 5.73 Å². The average molecular weight is 614 g/mol. The van der Waals surface area contributed by atoms with Crippen LogP contribution in [0.15, 0.2) is 91.0 Å². The molecular weight excluding hydrogens is 586 g/mol. The minimum Gasteiger partial charge on any atom is -0.399 e. The van der Waals surface area contributed by atoms with Crippen molar-refractivity contribution in [3.05, 3.63) is 124 Å². The number of amides is 4. The molecule has 2 aliphatic rings. The van der Waals surface area contributed by atoms with Gasteiger partial charge in [-0.2, -0.15) is 0 Å². The van der Waals surface area contributed by atoms with E-state index in [9.17, 15) is 19.2 Å². The van der Waals surface area contributed by atoms with Crippen LogP contribution in [-0.2, 0) is 12.8 Å². The Labute approximate surface area is 269 Å². The molecule has 0 radical (unpaired) electrons. The predicted octanol–water partition coefficient (Wildman–Crippen LogP) is 8.05. The van der Waals surface area contributed by atoms with E-state index >= 15 is 0 Å². The number of anilines is 3. The van der Waals surface area contributed by atoms with E-state index in [0.29, 0.717) is 62.9 Å². The summed E-state index contributed by atoms with van der Waals surface area (Å²) in [6.45, 7) is 4.06. The Balaban J connectivity index is 1.31. The molecule has 0 aliphatic carbocycles. The summed E-state index contributed by atoms with van der Waals surface area (Å²) < 4.78 is 0. The second-order valence-corrected chi connectivity index (χ2v) is 12.3. The van der Waals surface area contributed by atoms with Crippen molar-refractivity contribution in [2.75, 3.05) is 15.5 Å². The Morgan fingerprint density at radius 2 is 0.894 bits per heavy atom. The zero-order valence-electron chi connectivity index (χ0n) is 25.7. The molecule has 0 saturated heterocycles. The van der Waals surface area contributed by atoms with Gasteiger partial charge in [-0.25, -0.2) is 9.80 Å². The minimum absolute atomic E-state index is 0.337. The predicted molar refractivity (Wildman–Crippen MR) is 186 cm³/mol. The van der Waals surface area contributed by atoms with Crippen LogP contribution < -0.4 is 15.5 Å². The molecule has 7 heteroatoms. The molecule has 2 aliphatic heterocycles. The van der Waals surface area contributed by atoms with E-state index in [2.05, 4.69) is 0 Å². The van der Waals surface area contributed by atoms with E-state index < -0.39 is 11.8 Å². The smallest absolute Gasteiger partial charge is 0.266 e. The molecule has 0 atom stereocenters. The van der Waals surface area contributed by atoms with Crippen molar-refractivity contribution < 1.29 is 19.2 Å². The number of benzene rings is 7. The van der Waals surface area contributed by atoms with Gasteiger partial charge in [0.15, 0.2) is 0 Å². The molecule has 4 amide bonds. The number of nitrogen functional groups attached to an aromatic ring is 1. The van der Waals surface area contributed by atoms with Crippen LogP contribution in [0.2, 0.25) is 0 Å². The van der Waals surface area contributed by atoms with E-state index in [1.807, 2.05) is 68.4 Å². The lowest BCUT2D eigenvalue weighted by Gasteiger charge is -2.31. The molecule has 0 saturated carbocycles. The molecule has 47 heavy (non-hydrogen) atoms. The number of nitrogens with two attached hydrogens (primary N) is 1. The van der Waals surface area contributed by atoms with Crippen molar-refractivity contribution in [2.45, 2.75) is 26.7 Å². The summed E-state index contributed by atoms with van der Waals surface area (Å²) in [5.74, 6) is -1.50. The molecule has 0 spiro atoms. The van der Waals surface area contributed by atoms with Gasteiger partial charge in [0.1, 0.15) is 0 Å². The van der Waals surface area contributed by atoms with Gasteiger partial charge in [-0.05, 0) is 98.8 Å². The van der Waals surface area contributed by atoms with Crippen LogP contribution in [0, 0.1) is 0 Å². The average Bonchev–Trinajstić information content (AvgIpc) is 3.09. The number of para-hydroxylation sites is 1. The number of carbonyl (C=O) groups excluding carboxylic acids is 4. The molecule has 0 bridgehead atoms. The van der Waals surface area contributed by atoms with Crippen LogP contribution >= 0.6 is 0 Å². The maximum absolute atomic E-state index is 14.3. The molecule has 0 aromatic heterocycles. The minimum atomic E-state index is -0.414. The molecule has 7 aromatic rings. The first-order valence-electron chi connectivity index (χ1n) is 15.8. The second kappa shape index (κ2) is 9.47. The van der Waals surface area contributed by atoms with Gasteiger partial charge in [0.2, 0.25) is 0 Å². The Morgan fingerprint density at radius 3 is 1.30 bits per heavy atom. The Morgan fingerprint density at radius 1 is 0.489 bits per heavy atom. The first-order chi connectivity index (χ1) is 22.8. The second-order valence-electron chi connectivity index (χ2n) is 12.3. The molecule has 0 fully saturated rings. The van der Waals surface area contributed by atoms with Crippen molar-refractivity contribution in [2.24, 2.45) is 0 Å². The van der Waals surface area contributed by atoms with Gasteiger partial charge < -0.3 is 5.73 Å². The first kappa shape index (κ1) is 27.2. The lowest BCUT2D eigenvalue weighted by atomic mass is 9.82. The third-order valence-electron chi connectivity index (χ3n) is 9.95. The number of fused-ring (bicyclic) bond motifs is 2. The third-order valence-corrected chi connectivity index (χ3v) is 9.95. The molecule has 7 nitrogen and oxygen atoms in total. The molecular formula is C40H27N3O4. The summed E-state index contributed by atoms with van der Waals surface area (Å²) in [4.78, 5) is 59.0. The number of rotatable bonds is 4. The van der Waals surface area contributed by atoms with E-state index in [-0.39, 0.29) is 11.8 Å². The van der Waals surface area contributed by atoms with Crippen LogP contribution in [-0.4, -0.2) is 23.6 Å². The van der Waals surface area contributed by atoms with Crippen molar-refractivity contribution in [1.82, 2.24) is 0 Å². The quantitative estimate of drug-likeness (QED) is 0.0937. The third kappa shape index (κ3) is 3.40. The Hall–Kier alpha value is -6.08. The zero-order valence-corrected chi connectivity index (χ0v) is 25.7. The molecule has 2 N–H and O–H groups in total. The largest absolute Gasteiger partial charge is 0.399 e. The lowest BCUT2D eigenvalue weighted by molar-refractivity contribution is 0.0877. The summed E-state index contributed by atoms with van der Waals surface area (Å²) in [7, 11) is 0. The zero-order chi connectivity index (χ0) is 32.3. The summed E-state index contributed by atoms with van der Waals surface area (Å²) in [5.41, 5.74) is 11.3. The maximum atomic E-state index is 14.3. The van der Waals surface area contributed by atoms with Crippen LogP contribution in [0.5, 0.6) is 0 Å². The van der Waals surface area contributed by atoms with E-state index in [1.165, 1.54) is 9.80 Å². The van der Waals surface area contributed by atoms with Gasteiger partial charge in [-0.1, -0.05) is 62.4 Å². The van der Waals surface area contributed by atoms with Gasteiger partial charge in [0.05, 0.1) is 11.4 Å². The summed E-state index contributed by atoms with van der Waals surface area (Å²) >= 11 is 0. The summed E-state index contributed by atoms with van der Waals surface area (Å²) in [6.07, 6.45) is 1.38. The van der Waals surface area contributed by atoms with Gasteiger partial charge in [-0.15, -0.1) is 0 Å². The number of aryl methyl sites for hydroxylation is 2. The highest BCUT2D eigenvalue weighted by Crippen LogP contribution is 2.47. The van der Waals surface area contributed by atoms with Gasteiger partial charge in [-0.3, -0.25) is 19.2 Å². The van der Waals surface area contributed by atoms with Crippen molar-refractivity contribution >= 4 is 83.8 Å². The van der Waals surface area contributed by atoms with Crippen molar-refractivity contribution in [3.63, 3.8) is 0 Å². The maximum Gasteiger partial charge on any atom is 0.266 e. The standard InChI is InChI=1S/C40H27N3O4/c1-3-20-7-5-8-21(4-2)36(20)43-39(46)30-17-13-26-24-11-15-28-34-29(38(45)42(37(28)44)23-10-6-9-22(41)19-23)16-12-25(32(24)34)27-14-18-31(40(43)47)35(30)33(26)27/h5-19H,3-4,41H2,1-2H3. The Bertz CT molecular complexity index is 2460. The molecule has 226 valence electrons. The van der Waals surface area contributed by atoms with E-state index in [1.54, 1.807) is 36.4 Å². The van der Waals surface area contributed by atoms with Crippen LogP contribution in [0.25, 0.3) is 43.1 Å². The van der Waals surface area contributed by atoms with Crippen LogP contribution in [0.4, 0.5) is 17.1 Å². The normalized spacial score (nSPS) is 14.5. The number of hydrogen-bond acceptors (Lipinski definition) is 5. The first-order valence-corrected chi connectivity index (χ1v) is 15.8. The fourth-order valence-corrected chi connectivity index (χ4v) is 7.87. The van der Waals surface area contributed by atoms with Gasteiger partial charge in [0.25, 0.3) is 23.6 Å². The number of nitrogens with zero attached hydrogens (tertiary/aromatic N) is 2. The number of imide groups is 2. The fourth-order valence-electron chi connectivity index (χ4n) is 7.87. The number of hydrogen-bond donors (Lipinski definition) is 1. The molecule has 7 aromatic carbocycles. The summed E-state index contributed by atoms with van der Waals surface area (Å²) in [5, 5.41) is 6.28.